The molecule has 0 radical (unpaired) electrons. The van der Waals surface area contributed by atoms with Crippen LogP contribution in [0, 0.1) is 17.5 Å². The third kappa shape index (κ3) is 4.63. The number of aliphatic hydroxyl groups is 1. The van der Waals surface area contributed by atoms with Crippen LogP contribution in [0.15, 0.2) is 24.4 Å². The maximum atomic E-state index is 14.3. The van der Waals surface area contributed by atoms with Crippen molar-refractivity contribution in [2.24, 2.45) is 0 Å². The summed E-state index contributed by atoms with van der Waals surface area (Å²) in [6.45, 7) is 1.15. The van der Waals surface area contributed by atoms with Crippen molar-refractivity contribution in [3.8, 4) is 0 Å². The first-order chi connectivity index (χ1) is 16.0. The molecular formula is C23H26F3N5O2. The SMILES string of the molecule is OC1CCC(Nc2cc3c(cn2)nc(Nc2c(F)cc(F)cc2F)n3C2CCOCC2)CC1. The normalized spacial score (nSPS) is 21.9. The standard InChI is InChI=1S/C23H26F3N5O2/c24-13-9-17(25)22(18(26)10-13)30-23-29-19-12-27-21(28-14-1-3-16(32)4-2-14)11-20(19)31(23)15-5-7-33-8-6-15/h9-12,14-16,32H,1-8H2,(H,27,28)(H,29,30). The van der Waals surface area contributed by atoms with Gasteiger partial charge in [-0.1, -0.05) is 0 Å². The fourth-order valence-electron chi connectivity index (χ4n) is 4.68. The third-order valence-corrected chi connectivity index (χ3v) is 6.42. The van der Waals surface area contributed by atoms with E-state index in [0.717, 1.165) is 44.0 Å². The van der Waals surface area contributed by atoms with Gasteiger partial charge in [0.15, 0.2) is 11.6 Å². The molecule has 7 nitrogen and oxygen atoms in total. The number of rotatable bonds is 5. The first-order valence-electron chi connectivity index (χ1n) is 11.3. The van der Waals surface area contributed by atoms with E-state index in [0.29, 0.717) is 36.7 Å². The average Bonchev–Trinajstić information content (AvgIpc) is 3.15. The zero-order chi connectivity index (χ0) is 22.9. The highest BCUT2D eigenvalue weighted by Crippen LogP contribution is 2.34. The van der Waals surface area contributed by atoms with E-state index >= 15 is 0 Å². The molecule has 1 aromatic carbocycles. The molecule has 33 heavy (non-hydrogen) atoms. The highest BCUT2D eigenvalue weighted by molar-refractivity contribution is 5.81. The largest absolute Gasteiger partial charge is 0.393 e. The Balaban J connectivity index is 1.51. The minimum atomic E-state index is -1.03. The van der Waals surface area contributed by atoms with E-state index in [1.54, 1.807) is 6.20 Å². The van der Waals surface area contributed by atoms with Crippen LogP contribution in [0.5, 0.6) is 0 Å². The number of imidazole rings is 1. The minimum Gasteiger partial charge on any atom is -0.393 e. The molecule has 0 spiro atoms. The molecule has 2 fully saturated rings. The Labute approximate surface area is 189 Å². The van der Waals surface area contributed by atoms with Crippen LogP contribution >= 0.6 is 0 Å². The molecule has 10 heteroatoms. The maximum Gasteiger partial charge on any atom is 0.208 e. The van der Waals surface area contributed by atoms with Gasteiger partial charge < -0.3 is 25.0 Å². The number of aromatic nitrogens is 3. The summed E-state index contributed by atoms with van der Waals surface area (Å²) in [6, 6.07) is 3.40. The monoisotopic (exact) mass is 461 g/mol. The van der Waals surface area contributed by atoms with Gasteiger partial charge in [-0.25, -0.2) is 23.1 Å². The number of nitrogens with zero attached hydrogens (tertiary/aromatic N) is 3. The zero-order valence-electron chi connectivity index (χ0n) is 18.0. The Kier molecular flexibility index (Phi) is 6.11. The van der Waals surface area contributed by atoms with Crippen LogP contribution in [-0.2, 0) is 4.74 Å². The molecule has 1 saturated carbocycles. The van der Waals surface area contributed by atoms with E-state index in [2.05, 4.69) is 20.6 Å². The van der Waals surface area contributed by atoms with Crippen LogP contribution in [0.2, 0.25) is 0 Å². The van der Waals surface area contributed by atoms with Crippen molar-refractivity contribution in [1.29, 1.82) is 0 Å². The third-order valence-electron chi connectivity index (χ3n) is 6.42. The molecule has 3 N–H and O–H groups in total. The summed E-state index contributed by atoms with van der Waals surface area (Å²) in [5.74, 6) is -2.09. The number of nitrogens with one attached hydrogen (secondary N) is 2. The van der Waals surface area contributed by atoms with E-state index < -0.39 is 23.1 Å². The van der Waals surface area contributed by atoms with Gasteiger partial charge in [0.05, 0.1) is 17.8 Å². The lowest BCUT2D eigenvalue weighted by Crippen LogP contribution is -2.28. The Bertz CT molecular complexity index is 1120. The second kappa shape index (κ2) is 9.18. The first-order valence-corrected chi connectivity index (χ1v) is 11.3. The number of aliphatic hydroxyl groups excluding tert-OH is 1. The molecule has 1 saturated heterocycles. The lowest BCUT2D eigenvalue weighted by molar-refractivity contribution is 0.0711. The van der Waals surface area contributed by atoms with Crippen molar-refractivity contribution in [1.82, 2.24) is 14.5 Å². The summed E-state index contributed by atoms with van der Waals surface area (Å²) >= 11 is 0. The molecule has 2 aliphatic rings. The lowest BCUT2D eigenvalue weighted by Gasteiger charge is -2.27. The second-order valence-corrected chi connectivity index (χ2v) is 8.73. The van der Waals surface area contributed by atoms with Gasteiger partial charge in [-0.2, -0.15) is 0 Å². The summed E-state index contributed by atoms with van der Waals surface area (Å²) < 4.78 is 49.5. The van der Waals surface area contributed by atoms with E-state index in [1.807, 2.05) is 10.6 Å². The van der Waals surface area contributed by atoms with Gasteiger partial charge in [-0.05, 0) is 38.5 Å². The highest BCUT2D eigenvalue weighted by Gasteiger charge is 2.25. The van der Waals surface area contributed by atoms with Crippen molar-refractivity contribution in [3.63, 3.8) is 0 Å². The maximum absolute atomic E-state index is 14.3. The molecule has 0 unspecified atom stereocenters. The second-order valence-electron chi connectivity index (χ2n) is 8.73. The summed E-state index contributed by atoms with van der Waals surface area (Å²) in [6.07, 6.45) is 6.06. The van der Waals surface area contributed by atoms with Gasteiger partial charge >= 0.3 is 0 Å². The number of ether oxygens (including phenoxy) is 1. The summed E-state index contributed by atoms with van der Waals surface area (Å²) in [5.41, 5.74) is 0.907. The van der Waals surface area contributed by atoms with E-state index in [-0.39, 0.29) is 24.1 Å². The van der Waals surface area contributed by atoms with Gasteiger partial charge in [0, 0.05) is 43.5 Å². The van der Waals surface area contributed by atoms with Crippen molar-refractivity contribution in [2.45, 2.75) is 56.7 Å². The van der Waals surface area contributed by atoms with E-state index in [9.17, 15) is 18.3 Å². The lowest BCUT2D eigenvalue weighted by atomic mass is 9.93. The minimum absolute atomic E-state index is 0.0119. The van der Waals surface area contributed by atoms with Crippen molar-refractivity contribution in [3.05, 3.63) is 41.8 Å². The number of hydrogen-bond donors (Lipinski definition) is 3. The molecule has 0 bridgehead atoms. The first kappa shape index (κ1) is 22.0. The van der Waals surface area contributed by atoms with Crippen LogP contribution in [0.3, 0.4) is 0 Å². The van der Waals surface area contributed by atoms with Crippen LogP contribution in [0.4, 0.5) is 30.6 Å². The number of benzene rings is 1. The van der Waals surface area contributed by atoms with Crippen molar-refractivity contribution >= 4 is 28.5 Å². The molecule has 3 heterocycles. The van der Waals surface area contributed by atoms with E-state index in [1.165, 1.54) is 0 Å². The van der Waals surface area contributed by atoms with Gasteiger partial charge in [0.25, 0.3) is 0 Å². The van der Waals surface area contributed by atoms with Crippen molar-refractivity contribution < 1.29 is 23.0 Å². The summed E-state index contributed by atoms with van der Waals surface area (Å²) in [4.78, 5) is 9.02. The Morgan fingerprint density at radius 2 is 1.67 bits per heavy atom. The molecular weight excluding hydrogens is 435 g/mol. The van der Waals surface area contributed by atoms with Crippen LogP contribution in [0.1, 0.15) is 44.6 Å². The Morgan fingerprint density at radius 1 is 0.970 bits per heavy atom. The van der Waals surface area contributed by atoms with E-state index in [4.69, 9.17) is 4.74 Å². The number of hydrogen-bond acceptors (Lipinski definition) is 6. The smallest absolute Gasteiger partial charge is 0.208 e. The molecule has 0 atom stereocenters. The molecule has 0 amide bonds. The van der Waals surface area contributed by atoms with Gasteiger partial charge in [-0.3, -0.25) is 0 Å². The molecule has 2 aromatic heterocycles. The number of fused-ring (bicyclic) bond motifs is 1. The van der Waals surface area contributed by atoms with Gasteiger partial charge in [0.2, 0.25) is 5.95 Å². The molecule has 3 aromatic rings. The number of pyridine rings is 1. The Morgan fingerprint density at radius 3 is 2.36 bits per heavy atom. The van der Waals surface area contributed by atoms with Gasteiger partial charge in [-0.15, -0.1) is 0 Å². The van der Waals surface area contributed by atoms with Crippen LogP contribution < -0.4 is 10.6 Å². The number of anilines is 3. The predicted octanol–water partition coefficient (Wildman–Crippen LogP) is 4.66. The van der Waals surface area contributed by atoms with Crippen LogP contribution in [-0.4, -0.2) is 45.0 Å². The summed E-state index contributed by atoms with van der Waals surface area (Å²) in [7, 11) is 0. The zero-order valence-corrected chi connectivity index (χ0v) is 18.0. The fraction of sp³-hybridized carbons (Fsp3) is 0.478. The molecule has 176 valence electrons. The molecule has 1 aliphatic heterocycles. The highest BCUT2D eigenvalue weighted by atomic mass is 19.1. The van der Waals surface area contributed by atoms with Gasteiger partial charge in [0.1, 0.15) is 22.8 Å². The Hall–Kier alpha value is -2.85. The molecule has 1 aliphatic carbocycles. The number of halogens is 3. The predicted molar refractivity (Wildman–Crippen MR) is 118 cm³/mol. The average molecular weight is 461 g/mol. The van der Waals surface area contributed by atoms with Crippen LogP contribution in [0.25, 0.3) is 11.0 Å². The van der Waals surface area contributed by atoms with Crippen molar-refractivity contribution in [2.75, 3.05) is 23.8 Å². The topological polar surface area (TPSA) is 84.2 Å². The quantitative estimate of drug-likeness (QED) is 0.513. The summed E-state index contributed by atoms with van der Waals surface area (Å²) in [5, 5.41) is 15.9. The molecule has 5 rings (SSSR count). The fourth-order valence-corrected chi connectivity index (χ4v) is 4.68.